The normalized spacial score (nSPS) is 17.2. The Morgan fingerprint density at radius 3 is 2.46 bits per heavy atom. The van der Waals surface area contributed by atoms with Gasteiger partial charge in [-0.25, -0.2) is 5.06 Å². The lowest BCUT2D eigenvalue weighted by atomic mass is 9.88. The number of aliphatic hydroxyl groups excluding tert-OH is 1. The molecule has 2 radical (unpaired) electrons. The molecule has 0 saturated carbocycles. The Balaban J connectivity index is 5.44. The van der Waals surface area contributed by atoms with Crippen LogP contribution >= 0.6 is 8.03 Å². The lowest BCUT2D eigenvalue weighted by Crippen LogP contribution is -2.44. The fraction of sp³-hybridized carbons (Fsp3) is 0.706. The van der Waals surface area contributed by atoms with Crippen molar-refractivity contribution in [1.82, 2.24) is 5.06 Å². The fourth-order valence-corrected chi connectivity index (χ4v) is 2.89. The van der Waals surface area contributed by atoms with Gasteiger partial charge in [-0.3, -0.25) is 9.63 Å². The first kappa shape index (κ1) is 23.3. The van der Waals surface area contributed by atoms with Gasteiger partial charge in [0.25, 0.3) is 5.91 Å². The van der Waals surface area contributed by atoms with Gasteiger partial charge in [0.1, 0.15) is 13.7 Å². The Bertz CT molecular complexity index is 429. The highest BCUT2D eigenvalue weighted by molar-refractivity contribution is 7.77. The zero-order valence-electron chi connectivity index (χ0n) is 15.7. The van der Waals surface area contributed by atoms with Crippen molar-refractivity contribution in [2.45, 2.75) is 45.8 Å². The summed E-state index contributed by atoms with van der Waals surface area (Å²) in [7, 11) is 7.45. The maximum absolute atomic E-state index is 12.6. The van der Waals surface area contributed by atoms with Gasteiger partial charge in [0.15, 0.2) is 0 Å². The molecule has 0 fully saturated rings. The second-order valence-electron chi connectivity index (χ2n) is 6.26. The van der Waals surface area contributed by atoms with Gasteiger partial charge in [-0.15, -0.1) is 6.58 Å². The highest BCUT2D eigenvalue weighted by Gasteiger charge is 2.35. The summed E-state index contributed by atoms with van der Waals surface area (Å²) < 4.78 is 5.53. The monoisotopic (exact) mass is 355 g/mol. The van der Waals surface area contributed by atoms with Gasteiger partial charge in [0, 0.05) is 7.05 Å². The van der Waals surface area contributed by atoms with E-state index in [1.807, 2.05) is 13.0 Å². The summed E-state index contributed by atoms with van der Waals surface area (Å²) in [5.74, 6) is -0.545. The van der Waals surface area contributed by atoms with Gasteiger partial charge >= 0.3 is 0 Å². The first-order valence-corrected chi connectivity index (χ1v) is 9.87. The van der Waals surface area contributed by atoms with Crippen LogP contribution in [0.15, 0.2) is 24.3 Å². The van der Waals surface area contributed by atoms with E-state index in [9.17, 15) is 9.90 Å². The molecule has 0 aromatic carbocycles. The minimum absolute atomic E-state index is 0.337. The van der Waals surface area contributed by atoms with Crippen molar-refractivity contribution < 1.29 is 19.3 Å². The van der Waals surface area contributed by atoms with Crippen molar-refractivity contribution in [3.8, 4) is 0 Å². The molecule has 5 nitrogen and oxygen atoms in total. The van der Waals surface area contributed by atoms with Gasteiger partial charge in [-0.1, -0.05) is 31.6 Å². The van der Waals surface area contributed by atoms with E-state index >= 15 is 0 Å². The van der Waals surface area contributed by atoms with Gasteiger partial charge < -0.3 is 9.63 Å². The van der Waals surface area contributed by atoms with Gasteiger partial charge in [0.2, 0.25) is 0 Å². The highest BCUT2D eigenvalue weighted by atomic mass is 31.1. The number of hydrogen-bond acceptors (Lipinski definition) is 4. The van der Waals surface area contributed by atoms with Crippen LogP contribution in [0.25, 0.3) is 0 Å². The summed E-state index contributed by atoms with van der Waals surface area (Å²) >= 11 is 0. The molecule has 0 aromatic rings. The number of carbonyl (C=O) groups is 1. The van der Waals surface area contributed by atoms with E-state index < -0.39 is 26.2 Å². The van der Waals surface area contributed by atoms with Crippen molar-refractivity contribution in [3.05, 3.63) is 24.3 Å². The van der Waals surface area contributed by atoms with Crippen LogP contribution in [0.5, 0.6) is 0 Å². The van der Waals surface area contributed by atoms with E-state index in [1.54, 1.807) is 6.66 Å². The average molecular weight is 355 g/mol. The second-order valence-corrected chi connectivity index (χ2v) is 7.56. The van der Waals surface area contributed by atoms with Gasteiger partial charge in [0.05, 0.1) is 19.1 Å². The van der Waals surface area contributed by atoms with Crippen LogP contribution in [-0.2, 0) is 14.2 Å². The van der Waals surface area contributed by atoms with E-state index in [0.717, 1.165) is 23.5 Å². The molecule has 4 atom stereocenters. The molecule has 136 valence electrons. The molecular weight excluding hydrogens is 324 g/mol. The Morgan fingerprint density at radius 2 is 2.04 bits per heavy atom. The van der Waals surface area contributed by atoms with Crippen molar-refractivity contribution in [3.63, 3.8) is 0 Å². The summed E-state index contributed by atoms with van der Waals surface area (Å²) in [6.07, 6.45) is 3.51. The van der Waals surface area contributed by atoms with Crippen LogP contribution in [0.1, 0.15) is 33.6 Å². The second kappa shape index (κ2) is 11.8. The maximum atomic E-state index is 12.6. The van der Waals surface area contributed by atoms with Crippen LogP contribution in [0.4, 0.5) is 0 Å². The maximum Gasteiger partial charge on any atom is 0.255 e. The molecule has 1 N–H and O–H groups in total. The lowest BCUT2D eigenvalue weighted by molar-refractivity contribution is -0.176. The number of hydrogen-bond donors (Lipinski definition) is 1. The van der Waals surface area contributed by atoms with Crippen molar-refractivity contribution in [1.29, 1.82) is 0 Å². The largest absolute Gasteiger partial charge is 0.389 e. The summed E-state index contributed by atoms with van der Waals surface area (Å²) in [6, 6.07) is 0. The molecule has 24 heavy (non-hydrogen) atoms. The first-order valence-electron chi connectivity index (χ1n) is 8.09. The Hall–Kier alpha value is -0.675. The van der Waals surface area contributed by atoms with Crippen molar-refractivity contribution in [2.75, 3.05) is 20.8 Å². The number of carbonyl (C=O) groups excluding carboxylic acids is 1. The molecule has 0 aliphatic rings. The Kier molecular flexibility index (Phi) is 11.5. The van der Waals surface area contributed by atoms with Crippen LogP contribution in [-0.4, -0.2) is 56.7 Å². The minimum Gasteiger partial charge on any atom is -0.389 e. The van der Waals surface area contributed by atoms with E-state index in [1.165, 1.54) is 20.2 Å². The van der Waals surface area contributed by atoms with Crippen LogP contribution in [0, 0.1) is 11.8 Å². The Morgan fingerprint density at radius 1 is 1.46 bits per heavy atom. The molecular formula is C17H31BNO4P. The number of rotatable bonds is 11. The molecule has 0 aliphatic heterocycles. The molecule has 1 unspecified atom stereocenters. The summed E-state index contributed by atoms with van der Waals surface area (Å²) in [4.78, 5) is 17.6. The van der Waals surface area contributed by atoms with Crippen LogP contribution in [0.3, 0.4) is 0 Å². The third-order valence-electron chi connectivity index (χ3n) is 3.75. The number of hydroxylamine groups is 2. The van der Waals surface area contributed by atoms with Crippen LogP contribution < -0.4 is 0 Å². The van der Waals surface area contributed by atoms with Crippen molar-refractivity contribution in [2.24, 2.45) is 11.8 Å². The molecule has 0 bridgehead atoms. The molecule has 0 heterocycles. The van der Waals surface area contributed by atoms with E-state index in [4.69, 9.17) is 16.9 Å². The quantitative estimate of drug-likeness (QED) is 0.268. The smallest absolute Gasteiger partial charge is 0.255 e. The summed E-state index contributed by atoms with van der Waals surface area (Å²) in [5, 5.41) is 11.8. The minimum atomic E-state index is -1.19. The van der Waals surface area contributed by atoms with E-state index in [0.29, 0.717) is 5.92 Å². The Labute approximate surface area is 149 Å². The zero-order valence-corrected chi connectivity index (χ0v) is 16.6. The molecule has 0 aliphatic carbocycles. The molecule has 7 heteroatoms. The molecule has 0 saturated heterocycles. The molecule has 0 aromatic heterocycles. The standard InChI is InChI=1S/C17H31BNO4P/c1-8-14(23-24(7)18)16(20)15(17(21)19(5)22-6)13(4)11-9-10-12(2)3/h8,11-12,14-16,20H,1,9-10H2,2-7H3/b13-11+/t14-,15+,16-,24?/m1/s1. The third-order valence-corrected chi connectivity index (χ3v) is 4.33. The summed E-state index contributed by atoms with van der Waals surface area (Å²) in [6.45, 7) is 11.5. The predicted octanol–water partition coefficient (Wildman–Crippen LogP) is 3.05. The van der Waals surface area contributed by atoms with Crippen LogP contribution in [0.2, 0.25) is 0 Å². The molecule has 0 spiro atoms. The fourth-order valence-electron chi connectivity index (χ4n) is 2.29. The highest BCUT2D eigenvalue weighted by Crippen LogP contribution is 2.32. The van der Waals surface area contributed by atoms with E-state index in [2.05, 4.69) is 20.4 Å². The average Bonchev–Trinajstić information content (AvgIpc) is 2.50. The summed E-state index contributed by atoms with van der Waals surface area (Å²) in [5.41, 5.74) is 0.782. The van der Waals surface area contributed by atoms with E-state index in [-0.39, 0.29) is 5.91 Å². The number of amides is 1. The SMILES string of the molecule is [B]P(C)O[C@H](C=C)[C@@H](O)[C@@H](C(=O)N(C)OC)/C(C)=C/CCC(C)C. The number of nitrogens with zero attached hydrogens (tertiary/aromatic N) is 1. The van der Waals surface area contributed by atoms with Gasteiger partial charge in [-0.2, -0.15) is 0 Å². The zero-order chi connectivity index (χ0) is 18.9. The third kappa shape index (κ3) is 7.93. The van der Waals surface area contributed by atoms with Crippen molar-refractivity contribution >= 4 is 21.5 Å². The number of allylic oxidation sites excluding steroid dienone is 1. The molecule has 0 rings (SSSR count). The predicted molar refractivity (Wildman–Crippen MR) is 101 cm³/mol. The number of aliphatic hydroxyl groups is 1. The van der Waals surface area contributed by atoms with Gasteiger partial charge in [-0.05, 0) is 40.4 Å². The first-order chi connectivity index (χ1) is 11.1. The topological polar surface area (TPSA) is 59.0 Å². The molecule has 1 amide bonds. The lowest BCUT2D eigenvalue weighted by Gasteiger charge is -2.31.